The van der Waals surface area contributed by atoms with Crippen molar-refractivity contribution in [2.45, 2.75) is 19.8 Å². The Balaban J connectivity index is 2.70. The van der Waals surface area contributed by atoms with Gasteiger partial charge in [-0.1, -0.05) is 6.92 Å². The van der Waals surface area contributed by atoms with Crippen LogP contribution in [-0.4, -0.2) is 6.54 Å². The molecular weight excluding hydrogens is 142 g/mol. The topological polar surface area (TPSA) is 26.0 Å². The highest BCUT2D eigenvalue weighted by Gasteiger charge is 1.99. The molecule has 0 spiro atoms. The Labute approximate surface area is 65.9 Å². The summed E-state index contributed by atoms with van der Waals surface area (Å²) in [4.78, 5) is 1.49. The highest BCUT2D eigenvalue weighted by atomic mass is 32.1. The fraction of sp³-hybridized carbons (Fsp3) is 0.500. The number of aryl methyl sites for hydroxylation is 1. The molecule has 1 aromatic rings. The molecule has 0 radical (unpaired) electrons. The second-order valence-electron chi connectivity index (χ2n) is 2.26. The van der Waals surface area contributed by atoms with Gasteiger partial charge in [0.2, 0.25) is 0 Å². The molecular formula is C8H13NS. The van der Waals surface area contributed by atoms with Gasteiger partial charge in [-0.15, -0.1) is 11.3 Å². The van der Waals surface area contributed by atoms with Gasteiger partial charge in [0.1, 0.15) is 0 Å². The Bertz CT molecular complexity index is 193. The van der Waals surface area contributed by atoms with Gasteiger partial charge in [0.25, 0.3) is 0 Å². The molecule has 0 saturated carbocycles. The van der Waals surface area contributed by atoms with Gasteiger partial charge in [0.15, 0.2) is 0 Å². The van der Waals surface area contributed by atoms with Crippen LogP contribution in [0.25, 0.3) is 0 Å². The van der Waals surface area contributed by atoms with Gasteiger partial charge in [-0.25, -0.2) is 0 Å². The zero-order chi connectivity index (χ0) is 7.40. The van der Waals surface area contributed by atoms with Crippen LogP contribution in [0.2, 0.25) is 0 Å². The normalized spacial score (nSPS) is 10.2. The van der Waals surface area contributed by atoms with Crippen molar-refractivity contribution in [3.05, 3.63) is 21.9 Å². The van der Waals surface area contributed by atoms with Crippen molar-refractivity contribution in [1.82, 2.24) is 0 Å². The van der Waals surface area contributed by atoms with Crippen LogP contribution in [0.1, 0.15) is 17.4 Å². The van der Waals surface area contributed by atoms with Gasteiger partial charge >= 0.3 is 0 Å². The summed E-state index contributed by atoms with van der Waals surface area (Å²) in [6.07, 6.45) is 2.18. The lowest BCUT2D eigenvalue weighted by atomic mass is 10.2. The molecule has 1 rings (SSSR count). The van der Waals surface area contributed by atoms with E-state index >= 15 is 0 Å². The summed E-state index contributed by atoms with van der Waals surface area (Å²) in [5, 5.41) is 2.14. The molecule has 2 heteroatoms. The second kappa shape index (κ2) is 3.74. The lowest BCUT2D eigenvalue weighted by molar-refractivity contribution is 0.953. The van der Waals surface area contributed by atoms with Crippen LogP contribution in [-0.2, 0) is 12.8 Å². The van der Waals surface area contributed by atoms with Crippen LogP contribution in [0.5, 0.6) is 0 Å². The fourth-order valence-corrected chi connectivity index (χ4v) is 1.94. The molecule has 1 aromatic heterocycles. The molecule has 56 valence electrons. The van der Waals surface area contributed by atoms with E-state index in [1.165, 1.54) is 10.4 Å². The fourth-order valence-electron chi connectivity index (χ4n) is 1.06. The van der Waals surface area contributed by atoms with Crippen molar-refractivity contribution < 1.29 is 0 Å². The molecule has 2 N–H and O–H groups in total. The van der Waals surface area contributed by atoms with Crippen LogP contribution < -0.4 is 5.73 Å². The van der Waals surface area contributed by atoms with Crippen LogP contribution >= 0.6 is 11.3 Å². The number of thiophene rings is 1. The standard InChI is InChI=1S/C8H13NS/c1-2-8-7(3-5-9)4-6-10-8/h4,6H,2-3,5,9H2,1H3. The first-order valence-corrected chi connectivity index (χ1v) is 4.51. The maximum Gasteiger partial charge on any atom is 0.00749 e. The molecule has 0 aliphatic heterocycles. The largest absolute Gasteiger partial charge is 0.330 e. The van der Waals surface area contributed by atoms with E-state index in [1.807, 2.05) is 11.3 Å². The SMILES string of the molecule is CCc1sccc1CCN. The van der Waals surface area contributed by atoms with E-state index in [-0.39, 0.29) is 0 Å². The number of nitrogens with two attached hydrogens (primary N) is 1. The second-order valence-corrected chi connectivity index (χ2v) is 3.26. The molecule has 1 heterocycles. The molecule has 10 heavy (non-hydrogen) atoms. The van der Waals surface area contributed by atoms with Gasteiger partial charge in [0, 0.05) is 4.88 Å². The highest BCUT2D eigenvalue weighted by molar-refractivity contribution is 7.10. The van der Waals surface area contributed by atoms with Crippen LogP contribution in [0.4, 0.5) is 0 Å². The Morgan fingerprint density at radius 3 is 3.00 bits per heavy atom. The number of rotatable bonds is 3. The summed E-state index contributed by atoms with van der Waals surface area (Å²) in [6.45, 7) is 2.95. The summed E-state index contributed by atoms with van der Waals surface area (Å²) < 4.78 is 0. The predicted molar refractivity (Wildman–Crippen MR) is 46.5 cm³/mol. The van der Waals surface area contributed by atoms with E-state index < -0.39 is 0 Å². The first-order valence-electron chi connectivity index (χ1n) is 3.63. The van der Waals surface area contributed by atoms with Crippen LogP contribution in [0, 0.1) is 0 Å². The summed E-state index contributed by atoms with van der Waals surface area (Å²) in [7, 11) is 0. The van der Waals surface area contributed by atoms with Crippen molar-refractivity contribution in [2.75, 3.05) is 6.54 Å². The molecule has 0 unspecified atom stereocenters. The first-order chi connectivity index (χ1) is 4.88. The van der Waals surface area contributed by atoms with Gasteiger partial charge < -0.3 is 5.73 Å². The third-order valence-electron chi connectivity index (χ3n) is 1.57. The summed E-state index contributed by atoms with van der Waals surface area (Å²) in [6, 6.07) is 2.18. The van der Waals surface area contributed by atoms with Crippen molar-refractivity contribution in [1.29, 1.82) is 0 Å². The van der Waals surface area contributed by atoms with E-state index in [2.05, 4.69) is 18.4 Å². The van der Waals surface area contributed by atoms with Gasteiger partial charge in [-0.2, -0.15) is 0 Å². The van der Waals surface area contributed by atoms with E-state index in [4.69, 9.17) is 5.73 Å². The smallest absolute Gasteiger partial charge is 0.00749 e. The zero-order valence-electron chi connectivity index (χ0n) is 6.26. The number of hydrogen-bond acceptors (Lipinski definition) is 2. The molecule has 0 amide bonds. The molecule has 0 aromatic carbocycles. The minimum Gasteiger partial charge on any atom is -0.330 e. The Kier molecular flexibility index (Phi) is 2.90. The zero-order valence-corrected chi connectivity index (χ0v) is 7.08. The van der Waals surface area contributed by atoms with Gasteiger partial charge in [-0.3, -0.25) is 0 Å². The molecule has 1 nitrogen and oxygen atoms in total. The molecule has 0 aliphatic carbocycles. The van der Waals surface area contributed by atoms with Crippen molar-refractivity contribution >= 4 is 11.3 Å². The van der Waals surface area contributed by atoms with Gasteiger partial charge in [-0.05, 0) is 36.4 Å². The quantitative estimate of drug-likeness (QED) is 0.708. The maximum absolute atomic E-state index is 5.45. The average molecular weight is 155 g/mol. The minimum atomic E-state index is 0.768. The van der Waals surface area contributed by atoms with Crippen molar-refractivity contribution in [2.24, 2.45) is 5.73 Å². The highest BCUT2D eigenvalue weighted by Crippen LogP contribution is 2.16. The van der Waals surface area contributed by atoms with E-state index in [9.17, 15) is 0 Å². The Hall–Kier alpha value is -0.340. The Morgan fingerprint density at radius 2 is 2.40 bits per heavy atom. The molecule has 0 saturated heterocycles. The Morgan fingerprint density at radius 1 is 1.60 bits per heavy atom. The lowest BCUT2D eigenvalue weighted by Gasteiger charge is -1.96. The van der Waals surface area contributed by atoms with Crippen LogP contribution in [0.3, 0.4) is 0 Å². The van der Waals surface area contributed by atoms with Crippen LogP contribution in [0.15, 0.2) is 11.4 Å². The summed E-state index contributed by atoms with van der Waals surface area (Å²) in [5.74, 6) is 0. The lowest BCUT2D eigenvalue weighted by Crippen LogP contribution is -2.02. The van der Waals surface area contributed by atoms with Crippen molar-refractivity contribution in [3.8, 4) is 0 Å². The third kappa shape index (κ3) is 1.58. The number of hydrogen-bond donors (Lipinski definition) is 1. The maximum atomic E-state index is 5.45. The minimum absolute atomic E-state index is 0.768. The monoisotopic (exact) mass is 155 g/mol. The first kappa shape index (κ1) is 7.76. The van der Waals surface area contributed by atoms with E-state index in [1.54, 1.807) is 0 Å². The van der Waals surface area contributed by atoms with Gasteiger partial charge in [0.05, 0.1) is 0 Å². The van der Waals surface area contributed by atoms with E-state index in [0.717, 1.165) is 19.4 Å². The summed E-state index contributed by atoms with van der Waals surface area (Å²) >= 11 is 1.83. The summed E-state index contributed by atoms with van der Waals surface area (Å²) in [5.41, 5.74) is 6.89. The molecule has 0 bridgehead atoms. The third-order valence-corrected chi connectivity index (χ3v) is 2.68. The van der Waals surface area contributed by atoms with Crippen molar-refractivity contribution in [3.63, 3.8) is 0 Å². The predicted octanol–water partition coefficient (Wildman–Crippen LogP) is 1.81. The molecule has 0 atom stereocenters. The molecule has 0 aliphatic rings. The van der Waals surface area contributed by atoms with E-state index in [0.29, 0.717) is 0 Å². The average Bonchev–Trinajstić information content (AvgIpc) is 2.36. The molecule has 0 fully saturated rings.